The molecule has 1 rings (SSSR count). The monoisotopic (exact) mass is 211 g/mol. The van der Waals surface area contributed by atoms with Crippen LogP contribution < -0.4 is 0 Å². The highest BCUT2D eigenvalue weighted by molar-refractivity contribution is 5.10. The Labute approximate surface area is 91.5 Å². The maximum absolute atomic E-state index is 8.83. The van der Waals surface area contributed by atoms with Gasteiger partial charge < -0.3 is 5.11 Å². The molecular weight excluding hydrogens is 190 g/mol. The van der Waals surface area contributed by atoms with Gasteiger partial charge in [-0.2, -0.15) is 5.10 Å². The van der Waals surface area contributed by atoms with Crippen molar-refractivity contribution in [3.8, 4) is 0 Å². The molecule has 1 heterocycles. The molecule has 4 nitrogen and oxygen atoms in total. The maximum Gasteiger partial charge on any atom is 0.0625 e. The average molecular weight is 211 g/mol. The number of rotatable bonds is 6. The van der Waals surface area contributed by atoms with Gasteiger partial charge in [0.1, 0.15) is 0 Å². The second-order valence-electron chi connectivity index (χ2n) is 3.76. The van der Waals surface area contributed by atoms with Crippen LogP contribution in [0.15, 0.2) is 6.07 Å². The molecule has 0 bridgehead atoms. The molecular formula is C11H21N3O. The van der Waals surface area contributed by atoms with Crippen LogP contribution in [0.5, 0.6) is 0 Å². The third-order valence-corrected chi connectivity index (χ3v) is 2.49. The largest absolute Gasteiger partial charge is 0.395 e. The van der Waals surface area contributed by atoms with Crippen molar-refractivity contribution < 1.29 is 5.11 Å². The molecule has 0 saturated carbocycles. The topological polar surface area (TPSA) is 41.3 Å². The Morgan fingerprint density at radius 1 is 1.47 bits per heavy atom. The van der Waals surface area contributed by atoms with Gasteiger partial charge in [-0.1, -0.05) is 6.92 Å². The number of aliphatic hydroxyl groups is 1. The Bertz CT molecular complexity index is 296. The number of aromatic nitrogens is 2. The van der Waals surface area contributed by atoms with Crippen LogP contribution in [-0.4, -0.2) is 40.0 Å². The highest BCUT2D eigenvalue weighted by atomic mass is 16.3. The van der Waals surface area contributed by atoms with E-state index in [1.165, 1.54) is 5.69 Å². The Morgan fingerprint density at radius 2 is 2.20 bits per heavy atom. The molecule has 1 aromatic rings. The summed E-state index contributed by atoms with van der Waals surface area (Å²) in [7, 11) is 2.01. The van der Waals surface area contributed by atoms with Crippen LogP contribution in [0.2, 0.25) is 0 Å². The zero-order chi connectivity index (χ0) is 11.3. The minimum atomic E-state index is 0.206. The molecule has 0 unspecified atom stereocenters. The minimum Gasteiger partial charge on any atom is -0.395 e. The van der Waals surface area contributed by atoms with E-state index in [0.717, 1.165) is 25.2 Å². The van der Waals surface area contributed by atoms with Crippen LogP contribution >= 0.6 is 0 Å². The Kier molecular flexibility index (Phi) is 4.78. The highest BCUT2D eigenvalue weighted by Gasteiger charge is 2.07. The quantitative estimate of drug-likeness (QED) is 0.759. The van der Waals surface area contributed by atoms with Crippen molar-refractivity contribution >= 4 is 0 Å². The predicted octanol–water partition coefficient (Wildman–Crippen LogP) is 0.889. The summed E-state index contributed by atoms with van der Waals surface area (Å²) in [6.07, 6.45) is 0.976. The summed E-state index contributed by atoms with van der Waals surface area (Å²) < 4.78 is 2.03. The molecule has 0 fully saturated rings. The molecule has 1 N–H and O–H groups in total. The van der Waals surface area contributed by atoms with Gasteiger partial charge in [-0.05, 0) is 26.5 Å². The zero-order valence-corrected chi connectivity index (χ0v) is 9.90. The number of likely N-dealkylation sites (N-methyl/N-ethyl adjacent to an activating group) is 1. The van der Waals surface area contributed by atoms with Gasteiger partial charge in [0.2, 0.25) is 0 Å². The zero-order valence-electron chi connectivity index (χ0n) is 9.90. The van der Waals surface area contributed by atoms with E-state index in [0.29, 0.717) is 6.54 Å². The smallest absolute Gasteiger partial charge is 0.0625 e. The first-order chi connectivity index (χ1) is 7.21. The Hall–Kier alpha value is -0.870. The standard InChI is InChI=1S/C11H21N3O/c1-4-10-8-11(14(5-2)12-10)9-13(3)6-7-15/h8,15H,4-7,9H2,1-3H3. The fourth-order valence-corrected chi connectivity index (χ4v) is 1.62. The van der Waals surface area contributed by atoms with Gasteiger partial charge in [0, 0.05) is 19.6 Å². The van der Waals surface area contributed by atoms with Crippen molar-refractivity contribution in [2.24, 2.45) is 0 Å². The van der Waals surface area contributed by atoms with Gasteiger partial charge in [0.05, 0.1) is 18.0 Å². The molecule has 15 heavy (non-hydrogen) atoms. The number of aryl methyl sites for hydroxylation is 2. The van der Waals surface area contributed by atoms with Crippen molar-refractivity contribution in [2.75, 3.05) is 20.2 Å². The Balaban J connectivity index is 2.69. The van der Waals surface area contributed by atoms with Gasteiger partial charge >= 0.3 is 0 Å². The molecule has 0 aliphatic heterocycles. The Morgan fingerprint density at radius 3 is 2.73 bits per heavy atom. The fraction of sp³-hybridized carbons (Fsp3) is 0.727. The third kappa shape index (κ3) is 3.32. The molecule has 4 heteroatoms. The molecule has 0 amide bonds. The first-order valence-corrected chi connectivity index (χ1v) is 5.56. The predicted molar refractivity (Wildman–Crippen MR) is 60.7 cm³/mol. The van der Waals surface area contributed by atoms with Crippen LogP contribution in [0, 0.1) is 0 Å². The molecule has 0 aliphatic carbocycles. The minimum absolute atomic E-state index is 0.206. The van der Waals surface area contributed by atoms with E-state index in [9.17, 15) is 0 Å². The molecule has 0 radical (unpaired) electrons. The SMILES string of the molecule is CCc1cc(CN(C)CCO)n(CC)n1. The van der Waals surface area contributed by atoms with Crippen LogP contribution in [0.25, 0.3) is 0 Å². The third-order valence-electron chi connectivity index (χ3n) is 2.49. The summed E-state index contributed by atoms with van der Waals surface area (Å²) in [6.45, 7) is 6.88. The fourth-order valence-electron chi connectivity index (χ4n) is 1.62. The first-order valence-electron chi connectivity index (χ1n) is 5.56. The molecule has 86 valence electrons. The lowest BCUT2D eigenvalue weighted by atomic mass is 10.3. The van der Waals surface area contributed by atoms with Crippen molar-refractivity contribution in [1.29, 1.82) is 0 Å². The van der Waals surface area contributed by atoms with E-state index >= 15 is 0 Å². The highest BCUT2D eigenvalue weighted by Crippen LogP contribution is 2.07. The number of nitrogens with zero attached hydrogens (tertiary/aromatic N) is 3. The molecule has 0 aliphatic rings. The van der Waals surface area contributed by atoms with Crippen LogP contribution in [-0.2, 0) is 19.5 Å². The van der Waals surface area contributed by atoms with Gasteiger partial charge in [-0.25, -0.2) is 0 Å². The molecule has 0 spiro atoms. The van der Waals surface area contributed by atoms with Gasteiger partial charge in [-0.3, -0.25) is 9.58 Å². The lowest BCUT2D eigenvalue weighted by Crippen LogP contribution is -2.23. The number of hydrogen-bond acceptors (Lipinski definition) is 3. The average Bonchev–Trinajstić information content (AvgIpc) is 2.60. The van der Waals surface area contributed by atoms with Crippen molar-refractivity contribution in [3.05, 3.63) is 17.5 Å². The summed E-state index contributed by atoms with van der Waals surface area (Å²) in [5, 5.41) is 13.3. The summed E-state index contributed by atoms with van der Waals surface area (Å²) >= 11 is 0. The van der Waals surface area contributed by atoms with Crippen LogP contribution in [0.4, 0.5) is 0 Å². The lowest BCUT2D eigenvalue weighted by Gasteiger charge is -2.15. The second-order valence-corrected chi connectivity index (χ2v) is 3.76. The molecule has 0 aromatic carbocycles. The van der Waals surface area contributed by atoms with Crippen molar-refractivity contribution in [1.82, 2.24) is 14.7 Å². The molecule has 0 atom stereocenters. The molecule has 0 saturated heterocycles. The van der Waals surface area contributed by atoms with E-state index in [-0.39, 0.29) is 6.61 Å². The first kappa shape index (κ1) is 12.2. The van der Waals surface area contributed by atoms with E-state index in [4.69, 9.17) is 5.11 Å². The maximum atomic E-state index is 8.83. The summed E-state index contributed by atoms with van der Waals surface area (Å²) in [4.78, 5) is 2.10. The van der Waals surface area contributed by atoms with E-state index < -0.39 is 0 Å². The summed E-state index contributed by atoms with van der Waals surface area (Å²) in [5.74, 6) is 0. The summed E-state index contributed by atoms with van der Waals surface area (Å²) in [6, 6.07) is 2.15. The van der Waals surface area contributed by atoms with E-state index in [1.54, 1.807) is 0 Å². The van der Waals surface area contributed by atoms with Gasteiger partial charge in [0.15, 0.2) is 0 Å². The van der Waals surface area contributed by atoms with Gasteiger partial charge in [-0.15, -0.1) is 0 Å². The van der Waals surface area contributed by atoms with Gasteiger partial charge in [0.25, 0.3) is 0 Å². The second kappa shape index (κ2) is 5.88. The number of aliphatic hydroxyl groups excluding tert-OH is 1. The summed E-state index contributed by atoms with van der Waals surface area (Å²) in [5.41, 5.74) is 2.37. The van der Waals surface area contributed by atoms with Crippen molar-refractivity contribution in [2.45, 2.75) is 33.4 Å². The van der Waals surface area contributed by atoms with Crippen molar-refractivity contribution in [3.63, 3.8) is 0 Å². The van der Waals surface area contributed by atoms with Crippen LogP contribution in [0.3, 0.4) is 0 Å². The normalized spacial score (nSPS) is 11.3. The van der Waals surface area contributed by atoms with E-state index in [1.807, 2.05) is 11.7 Å². The number of hydrogen-bond donors (Lipinski definition) is 1. The lowest BCUT2D eigenvalue weighted by molar-refractivity contribution is 0.214. The molecule has 1 aromatic heterocycles. The van der Waals surface area contributed by atoms with Crippen LogP contribution in [0.1, 0.15) is 25.2 Å². The van der Waals surface area contributed by atoms with E-state index in [2.05, 4.69) is 29.9 Å².